The summed E-state index contributed by atoms with van der Waals surface area (Å²) in [5, 5.41) is 9.67. The van der Waals surface area contributed by atoms with E-state index in [2.05, 4.69) is 37.8 Å². The molecule has 2 aliphatic rings. The number of rotatable bonds is 7. The first-order chi connectivity index (χ1) is 13.6. The number of nitrogens with one attached hydrogen (secondary N) is 3. The van der Waals surface area contributed by atoms with Gasteiger partial charge in [-0.1, -0.05) is 18.9 Å². The molecule has 2 heterocycles. The van der Waals surface area contributed by atoms with E-state index in [1.165, 1.54) is 32.2 Å². The van der Waals surface area contributed by atoms with Crippen LogP contribution in [0.25, 0.3) is 0 Å². The summed E-state index contributed by atoms with van der Waals surface area (Å²) >= 11 is 0. The maximum absolute atomic E-state index is 12.1. The van der Waals surface area contributed by atoms with Crippen LogP contribution in [0.4, 0.5) is 5.82 Å². The first-order valence-electron chi connectivity index (χ1n) is 10.7. The molecule has 1 saturated heterocycles. The number of hydrogen-bond acceptors (Lipinski definition) is 4. The standard InChI is InChI=1S/C21H34N6O/c1-3-22-21(25-17-11-13-27(15-17)18-6-4-5-7-18)23-12-10-20(28)26-19-9-8-16(2)14-24-19/h8-9,14,17-18H,3-7,10-13,15H2,1-2H3,(H2,22,23,25)(H,24,26,28). The van der Waals surface area contributed by atoms with E-state index >= 15 is 0 Å². The number of hydrogen-bond donors (Lipinski definition) is 3. The molecule has 0 aromatic carbocycles. The van der Waals surface area contributed by atoms with E-state index in [1.54, 1.807) is 6.20 Å². The Balaban J connectivity index is 1.43. The molecule has 1 aromatic rings. The van der Waals surface area contributed by atoms with Gasteiger partial charge in [0.05, 0.1) is 6.54 Å². The summed E-state index contributed by atoms with van der Waals surface area (Å²) in [5.41, 5.74) is 1.07. The fourth-order valence-corrected chi connectivity index (χ4v) is 4.04. The van der Waals surface area contributed by atoms with Gasteiger partial charge in [-0.05, 0) is 44.7 Å². The minimum Gasteiger partial charge on any atom is -0.357 e. The summed E-state index contributed by atoms with van der Waals surface area (Å²) in [6, 6.07) is 4.97. The Labute approximate surface area is 168 Å². The molecule has 7 nitrogen and oxygen atoms in total. The first kappa shape index (κ1) is 20.6. The largest absolute Gasteiger partial charge is 0.357 e. The Hall–Kier alpha value is -2.15. The zero-order valence-electron chi connectivity index (χ0n) is 17.2. The third-order valence-corrected chi connectivity index (χ3v) is 5.53. The average molecular weight is 387 g/mol. The normalized spacial score (nSPS) is 21.1. The first-order valence-corrected chi connectivity index (χ1v) is 10.7. The van der Waals surface area contributed by atoms with Crippen molar-refractivity contribution in [3.05, 3.63) is 23.9 Å². The van der Waals surface area contributed by atoms with Crippen molar-refractivity contribution >= 4 is 17.7 Å². The van der Waals surface area contributed by atoms with Crippen LogP contribution in [0.3, 0.4) is 0 Å². The van der Waals surface area contributed by atoms with Gasteiger partial charge in [-0.2, -0.15) is 0 Å². The van der Waals surface area contributed by atoms with Crippen LogP contribution >= 0.6 is 0 Å². The fourth-order valence-electron chi connectivity index (χ4n) is 4.04. The molecule has 154 valence electrons. The van der Waals surface area contributed by atoms with E-state index in [4.69, 9.17) is 0 Å². The van der Waals surface area contributed by atoms with E-state index in [1.807, 2.05) is 19.1 Å². The Kier molecular flexibility index (Phi) is 7.65. The molecule has 2 fully saturated rings. The summed E-state index contributed by atoms with van der Waals surface area (Å²) in [6.45, 7) is 7.56. The van der Waals surface area contributed by atoms with Gasteiger partial charge in [0.2, 0.25) is 5.91 Å². The van der Waals surface area contributed by atoms with Crippen LogP contribution in [0, 0.1) is 6.92 Å². The second-order valence-electron chi connectivity index (χ2n) is 7.84. The number of aliphatic imine (C=N–C) groups is 1. The minimum atomic E-state index is -0.0655. The van der Waals surface area contributed by atoms with E-state index in [9.17, 15) is 4.79 Å². The highest BCUT2D eigenvalue weighted by molar-refractivity contribution is 5.90. The lowest BCUT2D eigenvalue weighted by Crippen LogP contribution is -2.45. The predicted octanol–water partition coefficient (Wildman–Crippen LogP) is 2.29. The van der Waals surface area contributed by atoms with Crippen molar-refractivity contribution in [3.63, 3.8) is 0 Å². The highest BCUT2D eigenvalue weighted by Gasteiger charge is 2.30. The maximum Gasteiger partial charge on any atom is 0.227 e. The predicted molar refractivity (Wildman–Crippen MR) is 114 cm³/mol. The fraction of sp³-hybridized carbons (Fsp3) is 0.667. The number of aromatic nitrogens is 1. The molecule has 0 bridgehead atoms. The summed E-state index contributed by atoms with van der Waals surface area (Å²) < 4.78 is 0. The van der Waals surface area contributed by atoms with Crippen molar-refractivity contribution in [3.8, 4) is 0 Å². The molecule has 1 aromatic heterocycles. The summed E-state index contributed by atoms with van der Waals surface area (Å²) in [6.07, 6.45) is 8.70. The number of likely N-dealkylation sites (tertiary alicyclic amines) is 1. The second kappa shape index (κ2) is 10.4. The van der Waals surface area contributed by atoms with Gasteiger partial charge in [0.25, 0.3) is 0 Å². The molecule has 28 heavy (non-hydrogen) atoms. The van der Waals surface area contributed by atoms with Crippen molar-refractivity contribution in [2.75, 3.05) is 31.5 Å². The van der Waals surface area contributed by atoms with Crippen molar-refractivity contribution in [1.82, 2.24) is 20.5 Å². The Morgan fingerprint density at radius 3 is 2.82 bits per heavy atom. The quantitative estimate of drug-likeness (QED) is 0.495. The number of pyridine rings is 1. The monoisotopic (exact) mass is 386 g/mol. The van der Waals surface area contributed by atoms with E-state index in [0.29, 0.717) is 24.8 Å². The molecule has 3 rings (SSSR count). The summed E-state index contributed by atoms with van der Waals surface area (Å²) in [4.78, 5) is 23.5. The molecule has 0 radical (unpaired) electrons. The van der Waals surface area contributed by atoms with Crippen LogP contribution in [-0.2, 0) is 4.79 Å². The van der Waals surface area contributed by atoms with Gasteiger partial charge in [-0.25, -0.2) is 4.98 Å². The molecule has 1 aliphatic heterocycles. The average Bonchev–Trinajstić information content (AvgIpc) is 3.35. The van der Waals surface area contributed by atoms with Crippen molar-refractivity contribution in [2.45, 2.75) is 64.5 Å². The molecule has 1 atom stereocenters. The molecular formula is C21H34N6O. The topological polar surface area (TPSA) is 81.6 Å². The van der Waals surface area contributed by atoms with Gasteiger partial charge in [0, 0.05) is 44.3 Å². The lowest BCUT2D eigenvalue weighted by Gasteiger charge is -2.24. The number of carbonyl (C=O) groups excluding carboxylic acids is 1. The highest BCUT2D eigenvalue weighted by atomic mass is 16.1. The Morgan fingerprint density at radius 1 is 1.29 bits per heavy atom. The zero-order valence-corrected chi connectivity index (χ0v) is 17.2. The van der Waals surface area contributed by atoms with E-state index < -0.39 is 0 Å². The third-order valence-electron chi connectivity index (χ3n) is 5.53. The van der Waals surface area contributed by atoms with Gasteiger partial charge >= 0.3 is 0 Å². The molecule has 7 heteroatoms. The SMILES string of the molecule is CCNC(=NCCC(=O)Nc1ccc(C)cn1)NC1CCN(C2CCCC2)C1. The number of guanidine groups is 1. The highest BCUT2D eigenvalue weighted by Crippen LogP contribution is 2.26. The molecule has 1 unspecified atom stereocenters. The third kappa shape index (κ3) is 6.19. The number of nitrogens with zero attached hydrogens (tertiary/aromatic N) is 3. The molecule has 1 saturated carbocycles. The van der Waals surface area contributed by atoms with Crippen LogP contribution in [0.15, 0.2) is 23.3 Å². The number of anilines is 1. The van der Waals surface area contributed by atoms with Crippen molar-refractivity contribution in [1.29, 1.82) is 0 Å². The second-order valence-corrected chi connectivity index (χ2v) is 7.84. The van der Waals surface area contributed by atoms with Gasteiger partial charge in [-0.15, -0.1) is 0 Å². The van der Waals surface area contributed by atoms with Gasteiger partial charge in [-0.3, -0.25) is 14.7 Å². The summed E-state index contributed by atoms with van der Waals surface area (Å²) in [7, 11) is 0. The Bertz CT molecular complexity index is 653. The van der Waals surface area contributed by atoms with Crippen molar-refractivity contribution < 1.29 is 4.79 Å². The van der Waals surface area contributed by atoms with E-state index in [0.717, 1.165) is 37.1 Å². The minimum absolute atomic E-state index is 0.0655. The van der Waals surface area contributed by atoms with Gasteiger partial charge < -0.3 is 16.0 Å². The lowest BCUT2D eigenvalue weighted by atomic mass is 10.2. The number of amides is 1. The zero-order chi connectivity index (χ0) is 19.8. The molecule has 0 spiro atoms. The summed E-state index contributed by atoms with van der Waals surface area (Å²) in [5.74, 6) is 1.33. The van der Waals surface area contributed by atoms with Gasteiger partial charge in [0.15, 0.2) is 5.96 Å². The van der Waals surface area contributed by atoms with Gasteiger partial charge in [0.1, 0.15) is 5.82 Å². The van der Waals surface area contributed by atoms with Crippen LogP contribution in [0.5, 0.6) is 0 Å². The van der Waals surface area contributed by atoms with E-state index in [-0.39, 0.29) is 5.91 Å². The van der Waals surface area contributed by atoms with Crippen LogP contribution in [-0.4, -0.2) is 60.0 Å². The molecular weight excluding hydrogens is 352 g/mol. The van der Waals surface area contributed by atoms with Crippen LogP contribution in [0.1, 0.15) is 51.0 Å². The molecule has 3 N–H and O–H groups in total. The Morgan fingerprint density at radius 2 is 2.11 bits per heavy atom. The smallest absolute Gasteiger partial charge is 0.227 e. The molecule has 1 aliphatic carbocycles. The van der Waals surface area contributed by atoms with Crippen LogP contribution < -0.4 is 16.0 Å². The lowest BCUT2D eigenvalue weighted by molar-refractivity contribution is -0.116. The molecule has 1 amide bonds. The van der Waals surface area contributed by atoms with Crippen molar-refractivity contribution in [2.24, 2.45) is 4.99 Å². The van der Waals surface area contributed by atoms with Crippen LogP contribution in [0.2, 0.25) is 0 Å². The number of carbonyl (C=O) groups is 1. The number of aryl methyl sites for hydroxylation is 1. The maximum atomic E-state index is 12.1.